The molecule has 17 heavy (non-hydrogen) atoms. The first-order valence-corrected chi connectivity index (χ1v) is 5.93. The van der Waals surface area contributed by atoms with Gasteiger partial charge in [-0.1, -0.05) is 19.1 Å². The van der Waals surface area contributed by atoms with Gasteiger partial charge in [-0.15, -0.1) is 0 Å². The van der Waals surface area contributed by atoms with E-state index in [9.17, 15) is 4.79 Å². The van der Waals surface area contributed by atoms with Crippen LogP contribution in [0.25, 0.3) is 0 Å². The monoisotopic (exact) mass is 255 g/mol. The van der Waals surface area contributed by atoms with E-state index >= 15 is 0 Å². The largest absolute Gasteiger partial charge is 0.508 e. The number of rotatable bonds is 6. The number of hydrogen-bond donors (Lipinski definition) is 4. The molecule has 0 aromatic heterocycles. The fourth-order valence-electron chi connectivity index (χ4n) is 1.43. The van der Waals surface area contributed by atoms with Gasteiger partial charge < -0.3 is 15.5 Å². The van der Waals surface area contributed by atoms with E-state index in [0.717, 1.165) is 5.56 Å². The van der Waals surface area contributed by atoms with Crippen LogP contribution in [-0.2, 0) is 11.2 Å². The average Bonchev–Trinajstić information content (AvgIpc) is 2.26. The van der Waals surface area contributed by atoms with Gasteiger partial charge in [0.05, 0.1) is 0 Å². The van der Waals surface area contributed by atoms with Crippen LogP contribution in [-0.4, -0.2) is 34.0 Å². The molecule has 0 aliphatic heterocycles. The molecule has 1 unspecified atom stereocenters. The van der Waals surface area contributed by atoms with Gasteiger partial charge in [0.15, 0.2) is 0 Å². The number of aromatic hydroxyl groups is 1. The third-order valence-corrected chi connectivity index (χ3v) is 2.52. The Morgan fingerprint density at radius 2 is 2.00 bits per heavy atom. The van der Waals surface area contributed by atoms with Gasteiger partial charge in [0.2, 0.25) is 0 Å². The van der Waals surface area contributed by atoms with E-state index in [1.807, 2.05) is 6.92 Å². The van der Waals surface area contributed by atoms with E-state index in [4.69, 9.17) is 10.2 Å². The molecule has 0 bridgehead atoms. The number of carboxylic acid groups (broad SMARTS) is 1. The first kappa shape index (κ1) is 13.9. The van der Waals surface area contributed by atoms with Crippen LogP contribution in [0.1, 0.15) is 12.5 Å². The summed E-state index contributed by atoms with van der Waals surface area (Å²) in [4.78, 5) is 11.0. The van der Waals surface area contributed by atoms with Gasteiger partial charge in [0.25, 0.3) is 0 Å². The zero-order valence-corrected chi connectivity index (χ0v) is 10.5. The lowest BCUT2D eigenvalue weighted by Crippen LogP contribution is -2.40. The van der Waals surface area contributed by atoms with Crippen molar-refractivity contribution in [2.45, 2.75) is 24.6 Å². The Morgan fingerprint density at radius 1 is 1.41 bits per heavy atom. The standard InChI is InChI=1S/C12H17NO3S/c1-8(17)7-13-11(12(15)16)6-9-2-4-10(14)5-3-9/h2-5,8,11,13-14,17H,6-7H2,1H3,(H,15,16)/t8?,11-/m0/s1. The van der Waals surface area contributed by atoms with E-state index in [2.05, 4.69) is 17.9 Å². The van der Waals surface area contributed by atoms with E-state index in [1.165, 1.54) is 0 Å². The molecule has 4 nitrogen and oxygen atoms in total. The van der Waals surface area contributed by atoms with Crippen LogP contribution in [0.2, 0.25) is 0 Å². The molecular weight excluding hydrogens is 238 g/mol. The molecule has 0 aliphatic carbocycles. The number of nitrogens with one attached hydrogen (secondary N) is 1. The molecule has 94 valence electrons. The average molecular weight is 255 g/mol. The summed E-state index contributed by atoms with van der Waals surface area (Å²) in [5.74, 6) is -0.704. The molecule has 1 rings (SSSR count). The maximum atomic E-state index is 11.0. The summed E-state index contributed by atoms with van der Waals surface area (Å²) in [7, 11) is 0. The Bertz CT molecular complexity index is 365. The molecule has 0 heterocycles. The highest BCUT2D eigenvalue weighted by Crippen LogP contribution is 2.11. The molecule has 2 atom stereocenters. The van der Waals surface area contributed by atoms with E-state index in [1.54, 1.807) is 24.3 Å². The number of aliphatic carboxylic acids is 1. The van der Waals surface area contributed by atoms with Crippen LogP contribution >= 0.6 is 12.6 Å². The number of carboxylic acids is 1. The van der Waals surface area contributed by atoms with Crippen molar-refractivity contribution in [2.24, 2.45) is 0 Å². The predicted octanol–water partition coefficient (Wildman–Crippen LogP) is 1.30. The number of thiol groups is 1. The fourth-order valence-corrected chi connectivity index (χ4v) is 1.53. The van der Waals surface area contributed by atoms with Crippen LogP contribution in [0.4, 0.5) is 0 Å². The molecule has 0 spiro atoms. The van der Waals surface area contributed by atoms with Crippen molar-refractivity contribution in [3.05, 3.63) is 29.8 Å². The molecule has 5 heteroatoms. The quantitative estimate of drug-likeness (QED) is 0.578. The van der Waals surface area contributed by atoms with E-state index < -0.39 is 12.0 Å². The van der Waals surface area contributed by atoms with Gasteiger partial charge in [0.1, 0.15) is 11.8 Å². The van der Waals surface area contributed by atoms with Crippen molar-refractivity contribution in [3.63, 3.8) is 0 Å². The minimum absolute atomic E-state index is 0.108. The molecule has 0 saturated carbocycles. The van der Waals surface area contributed by atoms with Crippen molar-refractivity contribution in [1.82, 2.24) is 5.32 Å². The number of hydrogen-bond acceptors (Lipinski definition) is 4. The molecule has 0 fully saturated rings. The third kappa shape index (κ3) is 5.10. The topological polar surface area (TPSA) is 69.6 Å². The molecule has 0 radical (unpaired) electrons. The smallest absolute Gasteiger partial charge is 0.321 e. The normalized spacial score (nSPS) is 14.2. The maximum absolute atomic E-state index is 11.0. The summed E-state index contributed by atoms with van der Waals surface area (Å²) in [5.41, 5.74) is 0.870. The highest BCUT2D eigenvalue weighted by atomic mass is 32.1. The minimum atomic E-state index is -0.882. The Kier molecular flexibility index (Phi) is 5.31. The zero-order valence-electron chi connectivity index (χ0n) is 9.63. The molecule has 1 aromatic carbocycles. The Labute approximate surface area is 106 Å². The number of carbonyl (C=O) groups is 1. The summed E-state index contributed by atoms with van der Waals surface area (Å²) in [6.07, 6.45) is 0.385. The fraction of sp³-hybridized carbons (Fsp3) is 0.417. The Balaban J connectivity index is 2.60. The molecule has 3 N–H and O–H groups in total. The number of phenolic OH excluding ortho intramolecular Hbond substituents is 1. The van der Waals surface area contributed by atoms with Gasteiger partial charge in [0, 0.05) is 11.8 Å². The van der Waals surface area contributed by atoms with Crippen LogP contribution in [0, 0.1) is 0 Å². The Morgan fingerprint density at radius 3 is 2.47 bits per heavy atom. The van der Waals surface area contributed by atoms with Gasteiger partial charge in [-0.3, -0.25) is 4.79 Å². The number of benzene rings is 1. The summed E-state index contributed by atoms with van der Waals surface area (Å²) >= 11 is 4.19. The second-order valence-corrected chi connectivity index (χ2v) is 4.90. The first-order valence-electron chi connectivity index (χ1n) is 5.41. The lowest BCUT2D eigenvalue weighted by molar-refractivity contribution is -0.139. The second-order valence-electron chi connectivity index (χ2n) is 4.02. The predicted molar refractivity (Wildman–Crippen MR) is 69.7 cm³/mol. The highest BCUT2D eigenvalue weighted by Gasteiger charge is 2.17. The zero-order chi connectivity index (χ0) is 12.8. The summed E-state index contributed by atoms with van der Waals surface area (Å²) in [5, 5.41) is 21.3. The van der Waals surface area contributed by atoms with E-state index in [-0.39, 0.29) is 11.0 Å². The van der Waals surface area contributed by atoms with Gasteiger partial charge >= 0.3 is 5.97 Å². The van der Waals surface area contributed by atoms with E-state index in [0.29, 0.717) is 13.0 Å². The van der Waals surface area contributed by atoms with Crippen molar-refractivity contribution in [2.75, 3.05) is 6.54 Å². The molecule has 0 saturated heterocycles. The van der Waals surface area contributed by atoms with Crippen LogP contribution in [0.15, 0.2) is 24.3 Å². The SMILES string of the molecule is CC(S)CN[C@@H](Cc1ccc(O)cc1)C(=O)O. The van der Waals surface area contributed by atoms with Crippen LogP contribution in [0.3, 0.4) is 0 Å². The molecule has 1 aromatic rings. The lowest BCUT2D eigenvalue weighted by Gasteiger charge is -2.15. The number of phenols is 1. The summed E-state index contributed by atoms with van der Waals surface area (Å²) in [6, 6.07) is 5.91. The van der Waals surface area contributed by atoms with Gasteiger partial charge in [-0.05, 0) is 24.1 Å². The summed E-state index contributed by atoms with van der Waals surface area (Å²) < 4.78 is 0. The van der Waals surface area contributed by atoms with Gasteiger partial charge in [-0.2, -0.15) is 12.6 Å². The first-order chi connectivity index (χ1) is 7.99. The van der Waals surface area contributed by atoms with Crippen molar-refractivity contribution >= 4 is 18.6 Å². The molecule has 0 aliphatic rings. The van der Waals surface area contributed by atoms with Crippen molar-refractivity contribution < 1.29 is 15.0 Å². The van der Waals surface area contributed by atoms with Crippen molar-refractivity contribution in [3.8, 4) is 5.75 Å². The maximum Gasteiger partial charge on any atom is 0.321 e. The van der Waals surface area contributed by atoms with Gasteiger partial charge in [-0.25, -0.2) is 0 Å². The molecular formula is C12H17NO3S. The Hall–Kier alpha value is -1.20. The minimum Gasteiger partial charge on any atom is -0.508 e. The second kappa shape index (κ2) is 6.51. The highest BCUT2D eigenvalue weighted by molar-refractivity contribution is 7.80. The lowest BCUT2D eigenvalue weighted by atomic mass is 10.1. The van der Waals surface area contributed by atoms with Crippen molar-refractivity contribution in [1.29, 1.82) is 0 Å². The van der Waals surface area contributed by atoms with Crippen LogP contribution < -0.4 is 5.32 Å². The third-order valence-electron chi connectivity index (χ3n) is 2.33. The van der Waals surface area contributed by atoms with Crippen LogP contribution in [0.5, 0.6) is 5.75 Å². The molecule has 0 amide bonds. The summed E-state index contributed by atoms with van der Waals surface area (Å²) in [6.45, 7) is 2.44.